The maximum Gasteiger partial charge on any atom is 0.433 e. The number of carbonyl (C=O) groups excluding carboxylic acids is 2. The molecule has 1 unspecified atom stereocenters. The number of thiophene rings is 1. The number of nitrogens with zero attached hydrogens (tertiary/aromatic N) is 3. The quantitative estimate of drug-likeness (QED) is 0.737. The summed E-state index contributed by atoms with van der Waals surface area (Å²) in [4.78, 5) is 33.6. The minimum atomic E-state index is -4.58. The van der Waals surface area contributed by atoms with Crippen LogP contribution >= 0.6 is 11.3 Å². The molecule has 10 heteroatoms. The van der Waals surface area contributed by atoms with Gasteiger partial charge in [-0.2, -0.15) is 18.2 Å². The molecule has 144 valence electrons. The molecule has 1 saturated heterocycles. The topological polar surface area (TPSA) is 72.4 Å². The highest BCUT2D eigenvalue weighted by molar-refractivity contribution is 7.15. The third-order valence-electron chi connectivity index (χ3n) is 4.03. The minimum absolute atomic E-state index is 0.111. The maximum atomic E-state index is 12.7. The van der Waals surface area contributed by atoms with Gasteiger partial charge in [-0.25, -0.2) is 4.98 Å². The molecule has 1 fully saturated rings. The number of rotatable bonds is 4. The third-order valence-corrected chi connectivity index (χ3v) is 5.20. The number of ketones is 1. The van der Waals surface area contributed by atoms with Gasteiger partial charge in [-0.3, -0.25) is 9.59 Å². The second kappa shape index (κ2) is 7.63. The lowest BCUT2D eigenvalue weighted by atomic mass is 10.1. The van der Waals surface area contributed by atoms with Crippen LogP contribution in [-0.2, 0) is 6.18 Å². The van der Waals surface area contributed by atoms with E-state index in [1.807, 2.05) is 0 Å². The van der Waals surface area contributed by atoms with Gasteiger partial charge in [0.25, 0.3) is 5.91 Å². The predicted octanol–water partition coefficient (Wildman–Crippen LogP) is 3.44. The van der Waals surface area contributed by atoms with E-state index in [2.05, 4.69) is 9.97 Å². The highest BCUT2D eigenvalue weighted by Crippen LogP contribution is 2.28. The summed E-state index contributed by atoms with van der Waals surface area (Å²) < 4.78 is 43.7. The number of alkyl halides is 3. The number of hydrogen-bond acceptors (Lipinski definition) is 6. The fourth-order valence-electron chi connectivity index (χ4n) is 2.72. The summed E-state index contributed by atoms with van der Waals surface area (Å²) in [6, 6.07) is 3.62. The Hall–Kier alpha value is -2.49. The lowest BCUT2D eigenvalue weighted by Crippen LogP contribution is -2.44. The summed E-state index contributed by atoms with van der Waals surface area (Å²) in [6.07, 6.45) is -2.87. The molecule has 0 N–H and O–H groups in total. The molecule has 0 aliphatic carbocycles. The Morgan fingerprint density at radius 2 is 2.00 bits per heavy atom. The normalized spacial score (nSPS) is 17.6. The number of amides is 1. The van der Waals surface area contributed by atoms with E-state index >= 15 is 0 Å². The number of piperidine rings is 1. The Labute approximate surface area is 157 Å². The van der Waals surface area contributed by atoms with E-state index in [4.69, 9.17) is 4.74 Å². The van der Waals surface area contributed by atoms with Gasteiger partial charge in [0.15, 0.2) is 11.5 Å². The van der Waals surface area contributed by atoms with Crippen LogP contribution in [0.15, 0.2) is 24.4 Å². The van der Waals surface area contributed by atoms with Crippen molar-refractivity contribution in [3.8, 4) is 6.01 Å². The van der Waals surface area contributed by atoms with Crippen molar-refractivity contribution >= 4 is 23.0 Å². The van der Waals surface area contributed by atoms with Gasteiger partial charge in [0.1, 0.15) is 6.10 Å². The second-order valence-corrected chi connectivity index (χ2v) is 7.16. The van der Waals surface area contributed by atoms with E-state index in [-0.39, 0.29) is 24.2 Å². The minimum Gasteiger partial charge on any atom is -0.458 e. The van der Waals surface area contributed by atoms with Gasteiger partial charge in [0.05, 0.1) is 16.3 Å². The molecule has 2 aromatic rings. The number of Topliss-reactive ketones (excluding diaryl/α,β-unsaturated/α-hetero) is 1. The van der Waals surface area contributed by atoms with Crippen LogP contribution in [0.25, 0.3) is 0 Å². The van der Waals surface area contributed by atoms with Crippen LogP contribution < -0.4 is 4.74 Å². The molecule has 3 heterocycles. The zero-order valence-corrected chi connectivity index (χ0v) is 15.1. The Morgan fingerprint density at radius 3 is 2.67 bits per heavy atom. The largest absolute Gasteiger partial charge is 0.458 e. The van der Waals surface area contributed by atoms with Crippen LogP contribution in [0.4, 0.5) is 13.2 Å². The molecule has 3 rings (SSSR count). The molecule has 0 radical (unpaired) electrons. The van der Waals surface area contributed by atoms with Gasteiger partial charge in [-0.05, 0) is 38.0 Å². The molecular formula is C17H16F3N3O3S. The Kier molecular flexibility index (Phi) is 5.45. The van der Waals surface area contributed by atoms with Gasteiger partial charge in [-0.1, -0.05) is 0 Å². The number of carbonyl (C=O) groups is 2. The Morgan fingerprint density at radius 1 is 1.26 bits per heavy atom. The molecule has 1 amide bonds. The first-order chi connectivity index (χ1) is 12.7. The van der Waals surface area contributed by atoms with Crippen molar-refractivity contribution in [3.63, 3.8) is 0 Å². The predicted molar refractivity (Wildman–Crippen MR) is 90.9 cm³/mol. The average Bonchev–Trinajstić information content (AvgIpc) is 3.11. The Bertz CT molecular complexity index is 853. The zero-order chi connectivity index (χ0) is 19.6. The SMILES string of the molecule is CC(=O)c1ccc(C(=O)N2CCCC(Oc3nccc(C(F)(F)F)n3)C2)s1. The van der Waals surface area contributed by atoms with E-state index in [0.717, 1.165) is 23.6 Å². The average molecular weight is 399 g/mol. The van der Waals surface area contributed by atoms with Crippen molar-refractivity contribution in [1.82, 2.24) is 14.9 Å². The van der Waals surface area contributed by atoms with Crippen LogP contribution in [0, 0.1) is 0 Å². The van der Waals surface area contributed by atoms with Crippen molar-refractivity contribution in [2.75, 3.05) is 13.1 Å². The van der Waals surface area contributed by atoms with Crippen molar-refractivity contribution in [3.05, 3.63) is 39.8 Å². The highest BCUT2D eigenvalue weighted by atomic mass is 32.1. The van der Waals surface area contributed by atoms with Crippen LogP contribution in [0.2, 0.25) is 0 Å². The molecule has 0 aromatic carbocycles. The highest BCUT2D eigenvalue weighted by Gasteiger charge is 2.33. The zero-order valence-electron chi connectivity index (χ0n) is 14.3. The fourth-order valence-corrected chi connectivity index (χ4v) is 3.59. The first kappa shape index (κ1) is 19.3. The van der Waals surface area contributed by atoms with Crippen molar-refractivity contribution in [2.24, 2.45) is 0 Å². The fraction of sp³-hybridized carbons (Fsp3) is 0.412. The maximum absolute atomic E-state index is 12.7. The van der Waals surface area contributed by atoms with Crippen LogP contribution in [0.5, 0.6) is 6.01 Å². The van der Waals surface area contributed by atoms with E-state index < -0.39 is 18.0 Å². The van der Waals surface area contributed by atoms with Gasteiger partial charge in [0, 0.05) is 12.7 Å². The Balaban J connectivity index is 1.67. The third kappa shape index (κ3) is 4.62. The molecule has 27 heavy (non-hydrogen) atoms. The van der Waals surface area contributed by atoms with E-state index in [0.29, 0.717) is 29.1 Å². The summed E-state index contributed by atoms with van der Waals surface area (Å²) in [5.41, 5.74) is -1.08. The second-order valence-electron chi connectivity index (χ2n) is 6.08. The van der Waals surface area contributed by atoms with E-state index in [9.17, 15) is 22.8 Å². The summed E-state index contributed by atoms with van der Waals surface area (Å²) in [5, 5.41) is 0. The van der Waals surface area contributed by atoms with Gasteiger partial charge in [-0.15, -0.1) is 11.3 Å². The number of aromatic nitrogens is 2. The van der Waals surface area contributed by atoms with Gasteiger partial charge >= 0.3 is 12.2 Å². The first-order valence-corrected chi connectivity index (χ1v) is 9.02. The lowest BCUT2D eigenvalue weighted by Gasteiger charge is -2.32. The summed E-state index contributed by atoms with van der Waals surface area (Å²) in [7, 11) is 0. The molecular weight excluding hydrogens is 383 g/mol. The monoisotopic (exact) mass is 399 g/mol. The van der Waals surface area contributed by atoms with E-state index in [1.54, 1.807) is 17.0 Å². The molecule has 0 spiro atoms. The number of hydrogen-bond donors (Lipinski definition) is 0. The standard InChI is InChI=1S/C17H16F3N3O3S/c1-10(24)12-4-5-13(27-12)15(25)23-8-2-3-11(9-23)26-16-21-7-6-14(22-16)17(18,19)20/h4-7,11H,2-3,8-9H2,1H3. The summed E-state index contributed by atoms with van der Waals surface area (Å²) in [6.45, 7) is 2.15. The molecule has 1 aliphatic rings. The van der Waals surface area contributed by atoms with Crippen molar-refractivity contribution in [1.29, 1.82) is 0 Å². The van der Waals surface area contributed by atoms with Gasteiger partial charge < -0.3 is 9.64 Å². The van der Waals surface area contributed by atoms with Gasteiger partial charge in [0.2, 0.25) is 0 Å². The van der Waals surface area contributed by atoms with Crippen LogP contribution in [0.3, 0.4) is 0 Å². The van der Waals surface area contributed by atoms with Crippen molar-refractivity contribution in [2.45, 2.75) is 32.0 Å². The lowest BCUT2D eigenvalue weighted by molar-refractivity contribution is -0.141. The van der Waals surface area contributed by atoms with Crippen LogP contribution in [0.1, 0.15) is 44.8 Å². The molecule has 6 nitrogen and oxygen atoms in total. The number of ether oxygens (including phenoxy) is 1. The molecule has 2 aromatic heterocycles. The molecule has 0 bridgehead atoms. The number of halogens is 3. The molecule has 1 atom stereocenters. The summed E-state index contributed by atoms with van der Waals surface area (Å²) in [5.74, 6) is -0.341. The first-order valence-electron chi connectivity index (χ1n) is 8.21. The molecule has 0 saturated carbocycles. The van der Waals surface area contributed by atoms with E-state index in [1.165, 1.54) is 6.92 Å². The number of likely N-dealkylation sites (tertiary alicyclic amines) is 1. The van der Waals surface area contributed by atoms with Crippen LogP contribution in [-0.4, -0.2) is 45.8 Å². The summed E-state index contributed by atoms with van der Waals surface area (Å²) >= 11 is 1.12. The smallest absolute Gasteiger partial charge is 0.433 e. The van der Waals surface area contributed by atoms with Crippen molar-refractivity contribution < 1.29 is 27.5 Å². The molecule has 1 aliphatic heterocycles.